The molecule has 0 spiro atoms. The van der Waals surface area contributed by atoms with Gasteiger partial charge in [0.05, 0.1) is 10.9 Å². The number of urea groups is 1. The van der Waals surface area contributed by atoms with Crippen LogP contribution in [0.1, 0.15) is 21.3 Å². The largest absolute Gasteiger partial charge is 0.437 e. The zero-order chi connectivity index (χ0) is 21.4. The summed E-state index contributed by atoms with van der Waals surface area (Å²) in [6, 6.07) is 4.20. The van der Waals surface area contributed by atoms with Gasteiger partial charge in [0.15, 0.2) is 5.78 Å². The van der Waals surface area contributed by atoms with Gasteiger partial charge in [-0.05, 0) is 17.5 Å². The molecular weight excluding hydrogens is 423 g/mol. The number of carbonyl (C=O) groups is 2. The Bertz CT molecular complexity index is 905. The monoisotopic (exact) mass is 436 g/mol. The summed E-state index contributed by atoms with van der Waals surface area (Å²) in [5, 5.41) is 15.3. The van der Waals surface area contributed by atoms with Gasteiger partial charge in [0, 0.05) is 5.56 Å². The number of para-hydroxylation sites is 1. The number of ketones is 1. The summed E-state index contributed by atoms with van der Waals surface area (Å²) >= 11 is 0.829. The van der Waals surface area contributed by atoms with Gasteiger partial charge in [0.25, 0.3) is 0 Å². The minimum absolute atomic E-state index is 0.118. The lowest BCUT2D eigenvalue weighted by Crippen LogP contribution is -2.72. The second kappa shape index (κ2) is 7.59. The summed E-state index contributed by atoms with van der Waals surface area (Å²) in [5.74, 6) is -3.99. The van der Waals surface area contributed by atoms with Gasteiger partial charge in [-0.1, -0.05) is 24.3 Å². The van der Waals surface area contributed by atoms with E-state index in [4.69, 9.17) is 0 Å². The number of alkyl halides is 5. The number of thiophene rings is 1. The van der Waals surface area contributed by atoms with E-state index in [2.05, 4.69) is 10.1 Å². The highest BCUT2D eigenvalue weighted by Crippen LogP contribution is 2.46. The molecule has 156 valence electrons. The molecule has 1 aliphatic rings. The fourth-order valence-electron chi connectivity index (χ4n) is 3.11. The maximum atomic E-state index is 13.8. The van der Waals surface area contributed by atoms with Crippen molar-refractivity contribution in [2.45, 2.75) is 24.6 Å². The van der Waals surface area contributed by atoms with Crippen molar-refractivity contribution in [1.82, 2.24) is 10.6 Å². The lowest BCUT2D eigenvalue weighted by atomic mass is 9.78. The topological polar surface area (TPSA) is 87.7 Å². The van der Waals surface area contributed by atoms with Crippen molar-refractivity contribution >= 4 is 23.2 Å². The molecule has 1 saturated heterocycles. The molecule has 0 radical (unpaired) electrons. The molecule has 2 heterocycles. The Balaban J connectivity index is 2.18. The molecule has 12 heteroatoms. The lowest BCUT2D eigenvalue weighted by Gasteiger charge is -2.45. The van der Waals surface area contributed by atoms with Gasteiger partial charge in [0.2, 0.25) is 5.72 Å². The quantitative estimate of drug-likeness (QED) is 0.495. The Labute approximate surface area is 164 Å². The van der Waals surface area contributed by atoms with Crippen LogP contribution in [0.5, 0.6) is 5.75 Å². The third-order valence-corrected chi connectivity index (χ3v) is 5.21. The van der Waals surface area contributed by atoms with Crippen LogP contribution < -0.4 is 15.4 Å². The minimum atomic E-state index is -5.45. The van der Waals surface area contributed by atoms with Crippen LogP contribution in [-0.4, -0.2) is 35.4 Å². The smallest absolute Gasteiger partial charge is 0.434 e. The van der Waals surface area contributed by atoms with Crippen molar-refractivity contribution in [2.24, 2.45) is 5.92 Å². The molecule has 2 aromatic rings. The molecule has 3 N–H and O–H groups in total. The van der Waals surface area contributed by atoms with Crippen molar-refractivity contribution in [3.63, 3.8) is 0 Å². The van der Waals surface area contributed by atoms with E-state index in [0.29, 0.717) is 0 Å². The molecule has 6 nitrogen and oxygen atoms in total. The molecule has 0 unspecified atom stereocenters. The number of carbonyl (C=O) groups excluding carboxylic acids is 2. The Morgan fingerprint density at radius 1 is 1.21 bits per heavy atom. The van der Waals surface area contributed by atoms with Crippen LogP contribution in [0.4, 0.5) is 26.7 Å². The molecule has 0 saturated carbocycles. The van der Waals surface area contributed by atoms with Crippen molar-refractivity contribution in [2.75, 3.05) is 0 Å². The van der Waals surface area contributed by atoms with Crippen molar-refractivity contribution in [3.05, 3.63) is 52.2 Å². The fourth-order valence-corrected chi connectivity index (χ4v) is 3.82. The van der Waals surface area contributed by atoms with E-state index in [-0.39, 0.29) is 10.4 Å². The van der Waals surface area contributed by atoms with E-state index in [1.807, 2.05) is 0 Å². The van der Waals surface area contributed by atoms with Crippen LogP contribution in [0, 0.1) is 5.92 Å². The number of halogens is 5. The van der Waals surface area contributed by atoms with Gasteiger partial charge in [-0.25, -0.2) is 4.79 Å². The Kier molecular flexibility index (Phi) is 5.50. The number of ether oxygens (including phenoxy) is 1. The number of rotatable bonds is 5. The average molecular weight is 436 g/mol. The molecule has 0 aliphatic carbocycles. The Morgan fingerprint density at radius 3 is 2.48 bits per heavy atom. The van der Waals surface area contributed by atoms with E-state index in [9.17, 15) is 36.6 Å². The summed E-state index contributed by atoms with van der Waals surface area (Å²) in [4.78, 5) is 24.7. The first-order chi connectivity index (χ1) is 13.5. The van der Waals surface area contributed by atoms with Crippen LogP contribution in [0.15, 0.2) is 41.8 Å². The first-order valence-corrected chi connectivity index (χ1v) is 8.92. The van der Waals surface area contributed by atoms with Crippen LogP contribution in [0.3, 0.4) is 0 Å². The SMILES string of the molecule is O=C1N[C@H](c2ccccc2OC(F)F)[C@H](C(=O)c2cccs2)[C@@](O)(C(F)(F)F)N1. The zero-order valence-electron chi connectivity index (χ0n) is 14.2. The summed E-state index contributed by atoms with van der Waals surface area (Å²) in [6.07, 6.45) is -5.45. The molecule has 1 aromatic heterocycles. The molecular formula is C17H13F5N2O4S. The number of hydrogen-bond donors (Lipinski definition) is 3. The van der Waals surface area contributed by atoms with E-state index in [1.165, 1.54) is 35.0 Å². The number of hydrogen-bond acceptors (Lipinski definition) is 5. The molecule has 0 bridgehead atoms. The number of amides is 2. The Hall–Kier alpha value is -2.73. The summed E-state index contributed by atoms with van der Waals surface area (Å²) in [7, 11) is 0. The van der Waals surface area contributed by atoms with Crippen LogP contribution in [0.2, 0.25) is 0 Å². The van der Waals surface area contributed by atoms with E-state index in [1.54, 1.807) is 0 Å². The Morgan fingerprint density at radius 2 is 1.90 bits per heavy atom. The van der Waals surface area contributed by atoms with Crippen molar-refractivity contribution < 1.29 is 41.4 Å². The second-order valence-corrected chi connectivity index (χ2v) is 7.02. The van der Waals surface area contributed by atoms with Crippen LogP contribution in [-0.2, 0) is 0 Å². The lowest BCUT2D eigenvalue weighted by molar-refractivity contribution is -0.287. The predicted molar refractivity (Wildman–Crippen MR) is 90.6 cm³/mol. The highest BCUT2D eigenvalue weighted by molar-refractivity contribution is 7.12. The standard InChI is InChI=1S/C17H13F5N2O4S/c18-14(19)28-9-5-2-1-4-8(9)12-11(13(25)10-6-3-7-29-10)16(27,17(20,21)22)24-15(26)23-12/h1-7,11-12,14,27H,(H2,23,24,26)/t11-,12-,16-/m1/s1. The van der Waals surface area contributed by atoms with E-state index in [0.717, 1.165) is 23.5 Å². The maximum absolute atomic E-state index is 13.8. The zero-order valence-corrected chi connectivity index (χ0v) is 15.1. The van der Waals surface area contributed by atoms with E-state index >= 15 is 0 Å². The number of Topliss-reactive ketones (excluding diaryl/α,β-unsaturated/α-hetero) is 1. The minimum Gasteiger partial charge on any atom is -0.434 e. The van der Waals surface area contributed by atoms with Crippen molar-refractivity contribution in [1.29, 1.82) is 0 Å². The van der Waals surface area contributed by atoms with Gasteiger partial charge in [-0.15, -0.1) is 11.3 Å². The molecule has 29 heavy (non-hydrogen) atoms. The van der Waals surface area contributed by atoms with Gasteiger partial charge in [0.1, 0.15) is 11.7 Å². The number of nitrogens with one attached hydrogen (secondary N) is 2. The second-order valence-electron chi connectivity index (χ2n) is 6.08. The molecule has 3 rings (SSSR count). The molecule has 2 amide bonds. The van der Waals surface area contributed by atoms with E-state index < -0.39 is 48.0 Å². The average Bonchev–Trinajstić information content (AvgIpc) is 3.14. The summed E-state index contributed by atoms with van der Waals surface area (Å²) in [6.45, 7) is -3.30. The van der Waals surface area contributed by atoms with Gasteiger partial charge < -0.3 is 20.5 Å². The fraction of sp³-hybridized carbons (Fsp3) is 0.294. The predicted octanol–water partition coefficient (Wildman–Crippen LogP) is 3.45. The molecule has 1 fully saturated rings. The maximum Gasteiger partial charge on any atom is 0.437 e. The first-order valence-electron chi connectivity index (χ1n) is 8.04. The normalized spacial score (nSPS) is 24.7. The highest BCUT2D eigenvalue weighted by Gasteiger charge is 2.66. The third-order valence-electron chi connectivity index (χ3n) is 4.32. The molecule has 1 aliphatic heterocycles. The van der Waals surface area contributed by atoms with Gasteiger partial charge in [-0.3, -0.25) is 4.79 Å². The number of aliphatic hydroxyl groups is 1. The highest BCUT2D eigenvalue weighted by atomic mass is 32.1. The first kappa shape index (κ1) is 21.0. The summed E-state index contributed by atoms with van der Waals surface area (Å²) in [5.41, 5.74) is -4.26. The summed E-state index contributed by atoms with van der Waals surface area (Å²) < 4.78 is 71.1. The molecule has 1 aromatic carbocycles. The third kappa shape index (κ3) is 3.90. The van der Waals surface area contributed by atoms with Crippen molar-refractivity contribution in [3.8, 4) is 5.75 Å². The van der Waals surface area contributed by atoms with Gasteiger partial charge >= 0.3 is 18.8 Å². The van der Waals surface area contributed by atoms with Gasteiger partial charge in [-0.2, -0.15) is 22.0 Å². The van der Waals surface area contributed by atoms with Crippen LogP contribution >= 0.6 is 11.3 Å². The molecule has 3 atom stereocenters. The number of benzene rings is 1. The van der Waals surface area contributed by atoms with Crippen LogP contribution in [0.25, 0.3) is 0 Å².